The van der Waals surface area contributed by atoms with E-state index in [-0.39, 0.29) is 25.9 Å². The van der Waals surface area contributed by atoms with Crippen molar-refractivity contribution in [3.63, 3.8) is 0 Å². The summed E-state index contributed by atoms with van der Waals surface area (Å²) >= 11 is 0. The summed E-state index contributed by atoms with van der Waals surface area (Å²) in [5.74, 6) is -1.48. The molecule has 442 valence electrons. The average molecular weight is 1090 g/mol. The number of allylic oxidation sites excluding steroid dienone is 10. The smallest absolute Gasteiger partial charge is 0.462 e. The highest BCUT2D eigenvalue weighted by molar-refractivity contribution is 7.47. The topological polar surface area (TPSA) is 155 Å². The van der Waals surface area contributed by atoms with Crippen LogP contribution in [0.3, 0.4) is 0 Å². The number of carbonyl (C=O) groups is 3. The third kappa shape index (κ3) is 55.9. The number of hydrogen-bond acceptors (Lipinski definition) is 10. The lowest BCUT2D eigenvalue weighted by Crippen LogP contribution is -2.30. The van der Waals surface area contributed by atoms with Crippen molar-refractivity contribution in [3.8, 4) is 0 Å². The zero-order chi connectivity index (χ0) is 55.5. The number of phosphoric acid groups is 1. The molecule has 0 aliphatic carbocycles. The largest absolute Gasteiger partial charge is 0.472 e. The number of esters is 3. The van der Waals surface area contributed by atoms with Crippen LogP contribution in [0.4, 0.5) is 0 Å². The van der Waals surface area contributed by atoms with Crippen LogP contribution in [0.5, 0.6) is 0 Å². The molecule has 3 atom stereocenters. The van der Waals surface area contributed by atoms with Crippen LogP contribution in [-0.4, -0.2) is 66.5 Å². The van der Waals surface area contributed by atoms with Crippen molar-refractivity contribution in [1.82, 2.24) is 0 Å². The molecular formula is C64H115O11P. The van der Waals surface area contributed by atoms with E-state index < -0.39 is 57.8 Å². The summed E-state index contributed by atoms with van der Waals surface area (Å²) in [4.78, 5) is 48.7. The minimum absolute atomic E-state index is 0.159. The van der Waals surface area contributed by atoms with E-state index in [2.05, 4.69) is 81.5 Å². The van der Waals surface area contributed by atoms with Crippen molar-refractivity contribution in [2.75, 3.05) is 26.4 Å². The Balaban J connectivity index is 4.68. The van der Waals surface area contributed by atoms with E-state index in [0.717, 1.165) is 103 Å². The fourth-order valence-electron chi connectivity index (χ4n) is 8.60. The lowest BCUT2D eigenvalue weighted by Gasteiger charge is -2.21. The summed E-state index contributed by atoms with van der Waals surface area (Å²) in [6.45, 7) is 4.56. The second-order valence-corrected chi connectivity index (χ2v) is 22.3. The van der Waals surface area contributed by atoms with Gasteiger partial charge in [-0.15, -0.1) is 0 Å². The van der Waals surface area contributed by atoms with E-state index >= 15 is 0 Å². The first-order valence-corrected chi connectivity index (χ1v) is 32.7. The summed E-state index contributed by atoms with van der Waals surface area (Å²) < 4.78 is 39.6. The lowest BCUT2D eigenvalue weighted by molar-refractivity contribution is -0.161. The Morgan fingerprint density at radius 1 is 0.368 bits per heavy atom. The van der Waals surface area contributed by atoms with E-state index in [0.29, 0.717) is 19.3 Å². The van der Waals surface area contributed by atoms with Gasteiger partial charge in [-0.3, -0.25) is 23.4 Å². The maximum absolute atomic E-state index is 12.9. The summed E-state index contributed by atoms with van der Waals surface area (Å²) in [6, 6.07) is 0. The van der Waals surface area contributed by atoms with Crippen LogP contribution >= 0.6 is 7.82 Å². The summed E-state index contributed by atoms with van der Waals surface area (Å²) in [5.41, 5.74) is 0. The van der Waals surface area contributed by atoms with Gasteiger partial charge in [0.15, 0.2) is 6.10 Å². The van der Waals surface area contributed by atoms with Crippen LogP contribution in [0.15, 0.2) is 60.8 Å². The van der Waals surface area contributed by atoms with Crippen molar-refractivity contribution in [3.05, 3.63) is 60.8 Å². The molecule has 0 aromatic rings. The fraction of sp³-hybridized carbons (Fsp3) is 0.797. The standard InChI is InChI=1S/C64H115O11P/c1-4-7-10-13-16-19-22-25-27-29-30-32-34-37-40-43-46-49-52-55-64(68)75-61(57-71-62(66)53-50-47-44-41-38-35-24-21-18-15-12-9-6-3)59-73-76(69,70)72-58-60(56-65)74-63(67)54-51-48-45-42-39-36-33-31-28-26-23-20-17-14-11-8-5-2/h12,15-16,19,21,24-28,60-61,65H,4-11,13-14,17-18,20,22-23,29-59H2,1-3H3,(H,69,70)/b15-12-,19-16-,24-21-,27-25-,28-26-. The summed E-state index contributed by atoms with van der Waals surface area (Å²) in [5, 5.41) is 9.84. The maximum Gasteiger partial charge on any atom is 0.472 e. The lowest BCUT2D eigenvalue weighted by atomic mass is 10.1. The molecule has 0 saturated carbocycles. The van der Waals surface area contributed by atoms with Gasteiger partial charge in [-0.1, -0.05) is 229 Å². The summed E-state index contributed by atoms with van der Waals surface area (Å²) in [7, 11) is -4.76. The quantitative estimate of drug-likeness (QED) is 0.0197. The first kappa shape index (κ1) is 73.2. The molecule has 12 heteroatoms. The van der Waals surface area contributed by atoms with Crippen molar-refractivity contribution in [1.29, 1.82) is 0 Å². The molecule has 11 nitrogen and oxygen atoms in total. The van der Waals surface area contributed by atoms with E-state index in [9.17, 15) is 28.9 Å². The Bertz CT molecular complexity index is 1510. The van der Waals surface area contributed by atoms with Crippen LogP contribution in [0, 0.1) is 0 Å². The van der Waals surface area contributed by atoms with Gasteiger partial charge in [-0.05, 0) is 103 Å². The zero-order valence-corrected chi connectivity index (χ0v) is 49.9. The monoisotopic (exact) mass is 1090 g/mol. The molecule has 0 bridgehead atoms. The fourth-order valence-corrected chi connectivity index (χ4v) is 9.38. The molecule has 0 aromatic heterocycles. The van der Waals surface area contributed by atoms with Crippen LogP contribution in [0.2, 0.25) is 0 Å². The Morgan fingerprint density at radius 3 is 1.07 bits per heavy atom. The Labute approximate surface area is 465 Å². The number of hydrogen-bond donors (Lipinski definition) is 2. The molecule has 0 aliphatic rings. The number of aliphatic hydroxyl groups is 1. The average Bonchev–Trinajstić information content (AvgIpc) is 3.41. The summed E-state index contributed by atoms with van der Waals surface area (Å²) in [6.07, 6.45) is 64.5. The van der Waals surface area contributed by atoms with Gasteiger partial charge in [-0.25, -0.2) is 4.57 Å². The van der Waals surface area contributed by atoms with E-state index in [4.69, 9.17) is 23.3 Å². The molecular weight excluding hydrogens is 976 g/mol. The van der Waals surface area contributed by atoms with E-state index in [1.165, 1.54) is 128 Å². The van der Waals surface area contributed by atoms with Crippen LogP contribution in [0.1, 0.15) is 290 Å². The number of rotatable bonds is 58. The maximum atomic E-state index is 12.9. The first-order chi connectivity index (χ1) is 37.2. The molecule has 3 unspecified atom stereocenters. The number of phosphoric ester groups is 1. The van der Waals surface area contributed by atoms with Gasteiger partial charge in [0.25, 0.3) is 0 Å². The van der Waals surface area contributed by atoms with Gasteiger partial charge < -0.3 is 24.2 Å². The molecule has 0 amide bonds. The van der Waals surface area contributed by atoms with Gasteiger partial charge in [0.05, 0.1) is 19.8 Å². The molecule has 0 aromatic carbocycles. The Kier molecular flexibility index (Phi) is 56.2. The molecule has 0 saturated heterocycles. The third-order valence-corrected chi connectivity index (χ3v) is 14.3. The normalized spacial score (nSPS) is 13.7. The molecule has 0 aliphatic heterocycles. The van der Waals surface area contributed by atoms with Gasteiger partial charge in [-0.2, -0.15) is 0 Å². The van der Waals surface area contributed by atoms with Crippen LogP contribution < -0.4 is 0 Å². The highest BCUT2D eigenvalue weighted by atomic mass is 31.2. The predicted octanol–water partition coefficient (Wildman–Crippen LogP) is 18.7. The van der Waals surface area contributed by atoms with Crippen molar-refractivity contribution >= 4 is 25.7 Å². The molecule has 0 radical (unpaired) electrons. The van der Waals surface area contributed by atoms with Crippen molar-refractivity contribution in [2.45, 2.75) is 303 Å². The van der Waals surface area contributed by atoms with E-state index in [1.807, 2.05) is 0 Å². The van der Waals surface area contributed by atoms with Crippen molar-refractivity contribution in [2.24, 2.45) is 0 Å². The molecule has 0 rings (SSSR count). The van der Waals surface area contributed by atoms with Gasteiger partial charge in [0.1, 0.15) is 12.7 Å². The van der Waals surface area contributed by atoms with Gasteiger partial charge >= 0.3 is 25.7 Å². The zero-order valence-electron chi connectivity index (χ0n) is 49.0. The first-order valence-electron chi connectivity index (χ1n) is 31.2. The minimum atomic E-state index is -4.76. The van der Waals surface area contributed by atoms with Crippen LogP contribution in [0.25, 0.3) is 0 Å². The van der Waals surface area contributed by atoms with Gasteiger partial charge in [0, 0.05) is 19.3 Å². The third-order valence-electron chi connectivity index (χ3n) is 13.4. The Morgan fingerprint density at radius 2 is 0.671 bits per heavy atom. The van der Waals surface area contributed by atoms with Gasteiger partial charge in [0.2, 0.25) is 0 Å². The molecule has 76 heavy (non-hydrogen) atoms. The molecule has 0 fully saturated rings. The molecule has 0 heterocycles. The Hall–Kier alpha value is -2.82. The number of carbonyl (C=O) groups excluding carboxylic acids is 3. The molecule has 2 N–H and O–H groups in total. The van der Waals surface area contributed by atoms with Crippen LogP contribution in [-0.2, 0) is 42.2 Å². The highest BCUT2D eigenvalue weighted by Crippen LogP contribution is 2.43. The number of unbranched alkanes of at least 4 members (excludes halogenated alkanes) is 31. The minimum Gasteiger partial charge on any atom is -0.462 e. The number of ether oxygens (including phenoxy) is 3. The SMILES string of the molecule is CCC/C=C\C/C=C\CCCCCCCC(=O)OCC(COP(=O)(O)OCC(CO)OC(=O)CCCCCCCCC/C=C\CCCCCCCC)OC(=O)CCCCCCCCCCC/C=C\C/C=C\CCCCC. The van der Waals surface area contributed by atoms with E-state index in [1.54, 1.807) is 0 Å². The number of aliphatic hydroxyl groups excluding tert-OH is 1. The second-order valence-electron chi connectivity index (χ2n) is 20.9. The predicted molar refractivity (Wildman–Crippen MR) is 316 cm³/mol. The molecule has 0 spiro atoms. The highest BCUT2D eigenvalue weighted by Gasteiger charge is 2.28. The second kappa shape index (κ2) is 58.3. The van der Waals surface area contributed by atoms with Crippen molar-refractivity contribution < 1.29 is 52.2 Å².